The summed E-state index contributed by atoms with van der Waals surface area (Å²) in [6.07, 6.45) is 7.99. The fraction of sp³-hybridized carbons (Fsp3) is 0.714. The first kappa shape index (κ1) is 12.1. The van der Waals surface area contributed by atoms with E-state index in [0.29, 0.717) is 0 Å². The lowest BCUT2D eigenvalue weighted by Gasteiger charge is -2.30. The molecule has 90 valence electrons. The first-order chi connectivity index (χ1) is 7.83. The van der Waals surface area contributed by atoms with Crippen LogP contribution in [0, 0.1) is 11.8 Å². The Labute approximate surface area is 103 Å². The zero-order valence-corrected chi connectivity index (χ0v) is 11.1. The molecule has 1 saturated carbocycles. The highest BCUT2D eigenvalue weighted by molar-refractivity contribution is 7.11. The Kier molecular flexibility index (Phi) is 4.42. The van der Waals surface area contributed by atoms with Gasteiger partial charge in [0.2, 0.25) is 0 Å². The molecule has 0 radical (unpaired) electrons. The lowest BCUT2D eigenvalue weighted by molar-refractivity contribution is 0.243. The molecule has 2 atom stereocenters. The van der Waals surface area contributed by atoms with Crippen molar-refractivity contribution in [2.24, 2.45) is 17.6 Å². The van der Waals surface area contributed by atoms with Crippen molar-refractivity contribution < 1.29 is 0 Å². The van der Waals surface area contributed by atoms with Crippen LogP contribution in [0.15, 0.2) is 12.1 Å². The summed E-state index contributed by atoms with van der Waals surface area (Å²) in [5.74, 6) is 1.63. The van der Waals surface area contributed by atoms with Gasteiger partial charge in [-0.1, -0.05) is 19.8 Å². The maximum atomic E-state index is 5.88. The zero-order chi connectivity index (χ0) is 11.4. The Hall–Kier alpha value is -0.340. The van der Waals surface area contributed by atoms with Gasteiger partial charge in [-0.25, -0.2) is 0 Å². The van der Waals surface area contributed by atoms with Crippen molar-refractivity contribution >= 4 is 11.3 Å². The van der Waals surface area contributed by atoms with Crippen LogP contribution in [0.1, 0.15) is 42.4 Å². The largest absolute Gasteiger partial charge is 0.330 e. The topological polar surface area (TPSA) is 26.0 Å². The molecule has 1 nitrogen and oxygen atoms in total. The second kappa shape index (κ2) is 5.83. The molecule has 0 aliphatic heterocycles. The lowest BCUT2D eigenvalue weighted by atomic mass is 9.77. The summed E-state index contributed by atoms with van der Waals surface area (Å²) in [4.78, 5) is 3.09. The van der Waals surface area contributed by atoms with E-state index in [1.54, 1.807) is 4.88 Å². The van der Waals surface area contributed by atoms with Gasteiger partial charge in [-0.15, -0.1) is 11.3 Å². The molecule has 0 aromatic carbocycles. The summed E-state index contributed by atoms with van der Waals surface area (Å²) in [7, 11) is 0. The fourth-order valence-corrected chi connectivity index (χ4v) is 3.89. The molecule has 0 bridgehead atoms. The van der Waals surface area contributed by atoms with Gasteiger partial charge >= 0.3 is 0 Å². The molecule has 0 amide bonds. The number of nitrogens with two attached hydrogens (primary N) is 1. The van der Waals surface area contributed by atoms with Crippen LogP contribution in [0.3, 0.4) is 0 Å². The first-order valence-electron chi connectivity index (χ1n) is 6.61. The summed E-state index contributed by atoms with van der Waals surface area (Å²) in [5, 5.41) is 0. The molecule has 1 fully saturated rings. The molecule has 1 aliphatic carbocycles. The fourth-order valence-electron chi connectivity index (χ4n) is 2.84. The smallest absolute Gasteiger partial charge is 0.00510 e. The maximum Gasteiger partial charge on any atom is 0.00510 e. The quantitative estimate of drug-likeness (QED) is 0.850. The number of thiophene rings is 1. The van der Waals surface area contributed by atoms with E-state index in [2.05, 4.69) is 19.1 Å². The van der Waals surface area contributed by atoms with Crippen molar-refractivity contribution in [3.05, 3.63) is 21.9 Å². The second-order valence-electron chi connectivity index (χ2n) is 4.97. The van der Waals surface area contributed by atoms with Crippen LogP contribution >= 0.6 is 11.3 Å². The third-order valence-electron chi connectivity index (χ3n) is 3.90. The molecule has 1 aromatic rings. The highest BCUT2D eigenvalue weighted by Gasteiger charge is 2.24. The number of aryl methyl sites for hydroxylation is 1. The summed E-state index contributed by atoms with van der Waals surface area (Å²) in [6, 6.07) is 4.62. The molecular formula is C14H23NS. The van der Waals surface area contributed by atoms with Crippen molar-refractivity contribution in [2.45, 2.75) is 45.4 Å². The van der Waals surface area contributed by atoms with Crippen molar-refractivity contribution in [3.8, 4) is 0 Å². The predicted molar refractivity (Wildman–Crippen MR) is 71.9 cm³/mol. The lowest BCUT2D eigenvalue weighted by Crippen LogP contribution is -2.27. The molecule has 16 heavy (non-hydrogen) atoms. The van der Waals surface area contributed by atoms with Crippen molar-refractivity contribution in [2.75, 3.05) is 6.54 Å². The Morgan fingerprint density at radius 2 is 1.88 bits per heavy atom. The summed E-state index contributed by atoms with van der Waals surface area (Å²) >= 11 is 2.00. The van der Waals surface area contributed by atoms with Gasteiger partial charge < -0.3 is 5.73 Å². The molecule has 0 spiro atoms. The van der Waals surface area contributed by atoms with Gasteiger partial charge in [-0.05, 0) is 56.2 Å². The van der Waals surface area contributed by atoms with Crippen LogP contribution in [-0.4, -0.2) is 6.54 Å². The summed E-state index contributed by atoms with van der Waals surface area (Å²) < 4.78 is 0. The van der Waals surface area contributed by atoms with Crippen molar-refractivity contribution in [3.63, 3.8) is 0 Å². The van der Waals surface area contributed by atoms with Crippen LogP contribution in [-0.2, 0) is 12.8 Å². The predicted octanol–water partition coefficient (Wildman–Crippen LogP) is 3.62. The van der Waals surface area contributed by atoms with Gasteiger partial charge in [0, 0.05) is 9.75 Å². The third-order valence-corrected chi connectivity index (χ3v) is 5.15. The summed E-state index contributed by atoms with van der Waals surface area (Å²) in [5.41, 5.74) is 5.88. The van der Waals surface area contributed by atoms with E-state index in [9.17, 15) is 0 Å². The standard InChI is InChI=1S/C14H23NS/c1-2-13-7-8-14(16-13)9-11-5-3-4-6-12(11)10-15/h7-8,11-12H,2-6,9-10,15H2,1H3. The van der Waals surface area contributed by atoms with Crippen LogP contribution < -0.4 is 5.73 Å². The van der Waals surface area contributed by atoms with E-state index in [4.69, 9.17) is 5.73 Å². The molecular weight excluding hydrogens is 214 g/mol. The minimum absolute atomic E-state index is 0.779. The van der Waals surface area contributed by atoms with Gasteiger partial charge in [-0.2, -0.15) is 0 Å². The van der Waals surface area contributed by atoms with Crippen LogP contribution in [0.2, 0.25) is 0 Å². The van der Waals surface area contributed by atoms with E-state index >= 15 is 0 Å². The maximum absolute atomic E-state index is 5.88. The highest BCUT2D eigenvalue weighted by Crippen LogP contribution is 2.33. The number of hydrogen-bond donors (Lipinski definition) is 1. The van der Waals surface area contributed by atoms with Gasteiger partial charge in [0.25, 0.3) is 0 Å². The van der Waals surface area contributed by atoms with Gasteiger partial charge in [-0.3, -0.25) is 0 Å². The highest BCUT2D eigenvalue weighted by atomic mass is 32.1. The van der Waals surface area contributed by atoms with Crippen LogP contribution in [0.5, 0.6) is 0 Å². The van der Waals surface area contributed by atoms with E-state index in [-0.39, 0.29) is 0 Å². The Bertz CT molecular complexity index is 318. The van der Waals surface area contributed by atoms with Crippen LogP contribution in [0.25, 0.3) is 0 Å². The molecule has 1 heterocycles. The van der Waals surface area contributed by atoms with E-state index in [1.165, 1.54) is 43.4 Å². The average molecular weight is 237 g/mol. The molecule has 2 rings (SSSR count). The molecule has 0 saturated heterocycles. The molecule has 2 unspecified atom stereocenters. The third kappa shape index (κ3) is 2.86. The van der Waals surface area contributed by atoms with Crippen molar-refractivity contribution in [1.29, 1.82) is 0 Å². The molecule has 1 aromatic heterocycles. The minimum Gasteiger partial charge on any atom is -0.330 e. The monoisotopic (exact) mass is 237 g/mol. The normalized spacial score (nSPS) is 25.9. The van der Waals surface area contributed by atoms with Gasteiger partial charge in [0.05, 0.1) is 0 Å². The number of rotatable bonds is 4. The van der Waals surface area contributed by atoms with Crippen molar-refractivity contribution in [1.82, 2.24) is 0 Å². The minimum atomic E-state index is 0.779. The van der Waals surface area contributed by atoms with E-state index < -0.39 is 0 Å². The molecule has 1 aliphatic rings. The van der Waals surface area contributed by atoms with E-state index in [0.717, 1.165) is 18.4 Å². The Morgan fingerprint density at radius 1 is 1.19 bits per heavy atom. The molecule has 2 N–H and O–H groups in total. The molecule has 2 heteroatoms. The Morgan fingerprint density at radius 3 is 2.50 bits per heavy atom. The van der Waals surface area contributed by atoms with Crippen LogP contribution in [0.4, 0.5) is 0 Å². The van der Waals surface area contributed by atoms with Gasteiger partial charge in [0.15, 0.2) is 0 Å². The summed E-state index contributed by atoms with van der Waals surface area (Å²) in [6.45, 7) is 3.12. The average Bonchev–Trinajstić information content (AvgIpc) is 2.77. The number of hydrogen-bond acceptors (Lipinski definition) is 2. The first-order valence-corrected chi connectivity index (χ1v) is 7.42. The van der Waals surface area contributed by atoms with Gasteiger partial charge in [0.1, 0.15) is 0 Å². The van der Waals surface area contributed by atoms with E-state index in [1.807, 2.05) is 11.3 Å². The Balaban J connectivity index is 1.96. The zero-order valence-electron chi connectivity index (χ0n) is 10.2. The second-order valence-corrected chi connectivity index (χ2v) is 6.22. The SMILES string of the molecule is CCc1ccc(CC2CCCCC2CN)s1.